The Kier molecular flexibility index (Phi) is 3.24. The fourth-order valence-corrected chi connectivity index (χ4v) is 2.12. The normalized spacial score (nSPS) is 24.0. The molecule has 1 aliphatic rings. The lowest BCUT2D eigenvalue weighted by Gasteiger charge is -2.13. The number of hydrogen-bond acceptors (Lipinski definition) is 2. The molecule has 2 rings (SSSR count). The summed E-state index contributed by atoms with van der Waals surface area (Å²) in [5.74, 6) is -2.04. The van der Waals surface area contributed by atoms with E-state index in [1.807, 2.05) is 0 Å². The van der Waals surface area contributed by atoms with Crippen molar-refractivity contribution in [3.05, 3.63) is 34.9 Å². The van der Waals surface area contributed by atoms with Crippen LogP contribution in [0.3, 0.4) is 0 Å². The Labute approximate surface area is 98.6 Å². The standard InChI is InChI=1S/C13H14F2O2/c1-7-5-10(12(15)6-11(7)14)13(16)9-3-4-17-8(9)2/h5-6,8-9H,3-4H2,1-2H3. The molecule has 0 bridgehead atoms. The second-order valence-corrected chi connectivity index (χ2v) is 4.42. The van der Waals surface area contributed by atoms with Gasteiger partial charge in [-0.05, 0) is 31.9 Å². The molecule has 0 N–H and O–H groups in total. The van der Waals surface area contributed by atoms with Gasteiger partial charge < -0.3 is 4.74 Å². The maximum absolute atomic E-state index is 13.6. The van der Waals surface area contributed by atoms with Gasteiger partial charge in [0.2, 0.25) is 0 Å². The molecule has 92 valence electrons. The van der Waals surface area contributed by atoms with Crippen LogP contribution in [0.15, 0.2) is 12.1 Å². The van der Waals surface area contributed by atoms with Crippen molar-refractivity contribution in [3.8, 4) is 0 Å². The summed E-state index contributed by atoms with van der Waals surface area (Å²) in [6.45, 7) is 3.82. The Hall–Kier alpha value is -1.29. The third kappa shape index (κ3) is 2.22. The number of hydrogen-bond donors (Lipinski definition) is 0. The van der Waals surface area contributed by atoms with Crippen molar-refractivity contribution >= 4 is 5.78 Å². The highest BCUT2D eigenvalue weighted by Gasteiger charge is 2.32. The van der Waals surface area contributed by atoms with Crippen LogP contribution in [0.2, 0.25) is 0 Å². The predicted octanol–water partition coefficient (Wildman–Crippen LogP) is 2.88. The predicted molar refractivity (Wildman–Crippen MR) is 58.9 cm³/mol. The third-order valence-corrected chi connectivity index (χ3v) is 3.23. The number of carbonyl (C=O) groups is 1. The molecule has 0 aliphatic carbocycles. The van der Waals surface area contributed by atoms with E-state index >= 15 is 0 Å². The van der Waals surface area contributed by atoms with Crippen LogP contribution in [0.1, 0.15) is 29.3 Å². The number of ketones is 1. The zero-order valence-electron chi connectivity index (χ0n) is 9.80. The molecule has 0 radical (unpaired) electrons. The first-order valence-corrected chi connectivity index (χ1v) is 5.62. The van der Waals surface area contributed by atoms with Crippen LogP contribution in [0.25, 0.3) is 0 Å². The van der Waals surface area contributed by atoms with Gasteiger partial charge in [0.1, 0.15) is 11.6 Å². The Morgan fingerprint density at radius 2 is 2.06 bits per heavy atom. The molecule has 1 aliphatic heterocycles. The summed E-state index contributed by atoms with van der Waals surface area (Å²) in [4.78, 5) is 12.1. The van der Waals surface area contributed by atoms with Crippen LogP contribution in [0.5, 0.6) is 0 Å². The minimum Gasteiger partial charge on any atom is -0.378 e. The minimum absolute atomic E-state index is 0.0359. The van der Waals surface area contributed by atoms with Gasteiger partial charge in [0.25, 0.3) is 0 Å². The summed E-state index contributed by atoms with van der Waals surface area (Å²) >= 11 is 0. The molecule has 1 aromatic carbocycles. The van der Waals surface area contributed by atoms with Crippen LogP contribution in [-0.2, 0) is 4.74 Å². The number of Topliss-reactive ketones (excluding diaryl/α,β-unsaturated/α-hetero) is 1. The fourth-order valence-electron chi connectivity index (χ4n) is 2.12. The molecule has 1 fully saturated rings. The highest BCUT2D eigenvalue weighted by atomic mass is 19.1. The van der Waals surface area contributed by atoms with E-state index in [0.717, 1.165) is 6.07 Å². The second kappa shape index (κ2) is 4.53. The maximum Gasteiger partial charge on any atom is 0.171 e. The third-order valence-electron chi connectivity index (χ3n) is 3.23. The summed E-state index contributed by atoms with van der Waals surface area (Å²) in [5.41, 5.74) is 0.243. The topological polar surface area (TPSA) is 26.3 Å². The zero-order chi connectivity index (χ0) is 12.6. The van der Waals surface area contributed by atoms with E-state index in [0.29, 0.717) is 13.0 Å². The van der Waals surface area contributed by atoms with Gasteiger partial charge >= 0.3 is 0 Å². The number of ether oxygens (including phenoxy) is 1. The van der Waals surface area contributed by atoms with E-state index in [-0.39, 0.29) is 28.9 Å². The average molecular weight is 240 g/mol. The van der Waals surface area contributed by atoms with Gasteiger partial charge in [-0.25, -0.2) is 8.78 Å². The maximum atomic E-state index is 13.6. The van der Waals surface area contributed by atoms with Gasteiger partial charge in [0.05, 0.1) is 17.6 Å². The zero-order valence-corrected chi connectivity index (χ0v) is 9.80. The highest BCUT2D eigenvalue weighted by molar-refractivity contribution is 5.98. The van der Waals surface area contributed by atoms with Crippen molar-refractivity contribution in [1.29, 1.82) is 0 Å². The van der Waals surface area contributed by atoms with Gasteiger partial charge in [-0.3, -0.25) is 4.79 Å². The molecule has 2 nitrogen and oxygen atoms in total. The Morgan fingerprint density at radius 1 is 1.35 bits per heavy atom. The Bertz CT molecular complexity index is 457. The van der Waals surface area contributed by atoms with E-state index in [2.05, 4.69) is 0 Å². The van der Waals surface area contributed by atoms with E-state index in [1.54, 1.807) is 6.92 Å². The van der Waals surface area contributed by atoms with Crippen LogP contribution in [-0.4, -0.2) is 18.5 Å². The van der Waals surface area contributed by atoms with Gasteiger partial charge in [0, 0.05) is 12.7 Å². The van der Waals surface area contributed by atoms with E-state index in [4.69, 9.17) is 4.74 Å². The van der Waals surface area contributed by atoms with Crippen LogP contribution >= 0.6 is 0 Å². The molecule has 1 saturated heterocycles. The van der Waals surface area contributed by atoms with E-state index in [9.17, 15) is 13.6 Å². The van der Waals surface area contributed by atoms with Crippen LogP contribution < -0.4 is 0 Å². The molecule has 1 aromatic rings. The fraction of sp³-hybridized carbons (Fsp3) is 0.462. The van der Waals surface area contributed by atoms with Crippen molar-refractivity contribution < 1.29 is 18.3 Å². The lowest BCUT2D eigenvalue weighted by atomic mass is 9.91. The smallest absolute Gasteiger partial charge is 0.171 e. The van der Waals surface area contributed by atoms with Crippen molar-refractivity contribution in [3.63, 3.8) is 0 Å². The first kappa shape index (κ1) is 12.2. The van der Waals surface area contributed by atoms with Crippen LogP contribution in [0, 0.1) is 24.5 Å². The lowest BCUT2D eigenvalue weighted by molar-refractivity contribution is 0.0760. The van der Waals surface area contributed by atoms with E-state index < -0.39 is 11.6 Å². The molecule has 17 heavy (non-hydrogen) atoms. The van der Waals surface area contributed by atoms with Crippen molar-refractivity contribution in [1.82, 2.24) is 0 Å². The molecule has 1 heterocycles. The summed E-state index contributed by atoms with van der Waals surface area (Å²) in [5, 5.41) is 0. The van der Waals surface area contributed by atoms with Gasteiger partial charge in [-0.1, -0.05) is 0 Å². The molecule has 2 atom stereocenters. The Balaban J connectivity index is 2.34. The highest BCUT2D eigenvalue weighted by Crippen LogP contribution is 2.26. The first-order valence-electron chi connectivity index (χ1n) is 5.62. The van der Waals surface area contributed by atoms with Crippen molar-refractivity contribution in [2.75, 3.05) is 6.61 Å². The molecular formula is C13H14F2O2. The molecule has 0 amide bonds. The minimum atomic E-state index is -0.794. The largest absolute Gasteiger partial charge is 0.378 e. The van der Waals surface area contributed by atoms with Gasteiger partial charge in [-0.15, -0.1) is 0 Å². The first-order chi connectivity index (χ1) is 8.00. The number of aryl methyl sites for hydroxylation is 1. The van der Waals surface area contributed by atoms with Crippen molar-refractivity contribution in [2.45, 2.75) is 26.4 Å². The molecule has 0 saturated carbocycles. The summed E-state index contributed by atoms with van der Waals surface area (Å²) in [6.07, 6.45) is 0.392. The number of halogens is 2. The SMILES string of the molecule is Cc1cc(C(=O)C2CCOC2C)c(F)cc1F. The van der Waals surface area contributed by atoms with Gasteiger partial charge in [-0.2, -0.15) is 0 Å². The van der Waals surface area contributed by atoms with E-state index in [1.165, 1.54) is 13.0 Å². The molecule has 2 unspecified atom stereocenters. The van der Waals surface area contributed by atoms with Gasteiger partial charge in [0.15, 0.2) is 5.78 Å². The molecule has 0 spiro atoms. The molecule has 4 heteroatoms. The second-order valence-electron chi connectivity index (χ2n) is 4.42. The molecular weight excluding hydrogens is 226 g/mol. The lowest BCUT2D eigenvalue weighted by Crippen LogP contribution is -2.22. The molecule has 0 aromatic heterocycles. The summed E-state index contributed by atoms with van der Waals surface area (Å²) in [6, 6.07) is 2.04. The summed E-state index contributed by atoms with van der Waals surface area (Å²) in [7, 11) is 0. The monoisotopic (exact) mass is 240 g/mol. The number of benzene rings is 1. The van der Waals surface area contributed by atoms with Crippen molar-refractivity contribution in [2.24, 2.45) is 5.92 Å². The quantitative estimate of drug-likeness (QED) is 0.743. The summed E-state index contributed by atoms with van der Waals surface area (Å²) < 4.78 is 31.9. The van der Waals surface area contributed by atoms with Crippen LogP contribution in [0.4, 0.5) is 8.78 Å². The average Bonchev–Trinajstić information content (AvgIpc) is 2.69. The Morgan fingerprint density at radius 3 is 2.65 bits per heavy atom. The number of carbonyl (C=O) groups excluding carboxylic acids is 1. The number of rotatable bonds is 2.